The molecule has 0 unspecified atom stereocenters. The molecule has 8 nitrogen and oxygen atoms in total. The van der Waals surface area contributed by atoms with E-state index in [0.29, 0.717) is 21.4 Å². The highest BCUT2D eigenvalue weighted by Crippen LogP contribution is 2.48. The molecule has 4 aromatic carbocycles. The second kappa shape index (κ2) is 10.7. The molecule has 42 heavy (non-hydrogen) atoms. The summed E-state index contributed by atoms with van der Waals surface area (Å²) in [6.07, 6.45) is 0. The molecule has 10 heteroatoms. The standard InChI is InChI=1S/C32H18N8S2/c33-15-23-25(17-35)31(39(29(23)37)27-13-5-9-19-7-1-3-11-21(19)27)41-42-32-26(18-36)24(16-34)30(38)40(32)28-14-6-10-20-8-2-4-12-22(20)28/h1-14H,37-38H2. The number of hydrogen-bond donors (Lipinski definition) is 2. The van der Waals surface area contributed by atoms with E-state index in [1.165, 1.54) is 21.6 Å². The van der Waals surface area contributed by atoms with E-state index in [1.807, 2.05) is 84.9 Å². The maximum atomic E-state index is 10.2. The molecule has 0 amide bonds. The molecule has 2 heterocycles. The molecule has 4 N–H and O–H groups in total. The van der Waals surface area contributed by atoms with Crippen molar-refractivity contribution < 1.29 is 0 Å². The Morgan fingerprint density at radius 1 is 0.476 bits per heavy atom. The van der Waals surface area contributed by atoms with Crippen molar-refractivity contribution in [3.8, 4) is 35.7 Å². The fourth-order valence-electron chi connectivity index (χ4n) is 5.09. The molecule has 0 radical (unpaired) electrons. The average molecular weight is 579 g/mol. The number of nitriles is 4. The first-order valence-electron chi connectivity index (χ1n) is 12.5. The van der Waals surface area contributed by atoms with E-state index in [9.17, 15) is 21.0 Å². The molecule has 0 fully saturated rings. The van der Waals surface area contributed by atoms with Gasteiger partial charge < -0.3 is 11.5 Å². The molecule has 0 aliphatic carbocycles. The van der Waals surface area contributed by atoms with Crippen molar-refractivity contribution in [3.63, 3.8) is 0 Å². The van der Waals surface area contributed by atoms with Gasteiger partial charge in [-0.1, -0.05) is 72.8 Å². The molecular formula is C32H18N8S2. The molecule has 0 saturated carbocycles. The van der Waals surface area contributed by atoms with Crippen molar-refractivity contribution in [2.45, 2.75) is 10.1 Å². The van der Waals surface area contributed by atoms with Crippen LogP contribution in [0.25, 0.3) is 32.9 Å². The first-order valence-corrected chi connectivity index (χ1v) is 14.7. The van der Waals surface area contributed by atoms with Gasteiger partial charge in [0.1, 0.15) is 68.2 Å². The van der Waals surface area contributed by atoms with Crippen LogP contribution in [-0.4, -0.2) is 9.13 Å². The SMILES string of the molecule is N#Cc1c(C#N)c(SSc2c(C#N)c(C#N)c(N)n2-c2cccc3ccccc23)n(-c2cccc3ccccc23)c1N. The summed E-state index contributed by atoms with van der Waals surface area (Å²) in [5.41, 5.74) is 14.8. The molecule has 0 bridgehead atoms. The molecule has 6 aromatic rings. The Labute approximate surface area is 248 Å². The predicted octanol–water partition coefficient (Wildman–Crippen LogP) is 7.02. The lowest BCUT2D eigenvalue weighted by Crippen LogP contribution is -2.03. The van der Waals surface area contributed by atoms with Gasteiger partial charge in [-0.15, -0.1) is 0 Å². The Hall–Kier alpha value is -5.78. The first-order chi connectivity index (χ1) is 20.5. The zero-order valence-corrected chi connectivity index (χ0v) is 23.4. The zero-order valence-electron chi connectivity index (χ0n) is 21.7. The Balaban J connectivity index is 1.58. The molecule has 6 rings (SSSR count). The lowest BCUT2D eigenvalue weighted by Gasteiger charge is -2.15. The number of nitrogen functional groups attached to an aromatic ring is 2. The number of nitrogens with zero attached hydrogens (tertiary/aromatic N) is 6. The van der Waals surface area contributed by atoms with E-state index in [2.05, 4.69) is 24.3 Å². The predicted molar refractivity (Wildman–Crippen MR) is 166 cm³/mol. The number of rotatable bonds is 5. The van der Waals surface area contributed by atoms with Gasteiger partial charge in [-0.25, -0.2) is 0 Å². The normalized spacial score (nSPS) is 10.7. The highest BCUT2D eigenvalue weighted by molar-refractivity contribution is 8.76. The maximum absolute atomic E-state index is 10.2. The summed E-state index contributed by atoms with van der Waals surface area (Å²) in [6, 6.07) is 35.4. The van der Waals surface area contributed by atoms with Gasteiger partial charge in [0.05, 0.1) is 11.4 Å². The van der Waals surface area contributed by atoms with Crippen LogP contribution in [0, 0.1) is 45.3 Å². The van der Waals surface area contributed by atoms with Gasteiger partial charge in [0.2, 0.25) is 0 Å². The van der Waals surface area contributed by atoms with Gasteiger partial charge in [0.25, 0.3) is 0 Å². The molecule has 2 aromatic heterocycles. The third kappa shape index (κ3) is 4.00. The van der Waals surface area contributed by atoms with Crippen LogP contribution in [0.2, 0.25) is 0 Å². The van der Waals surface area contributed by atoms with Gasteiger partial charge in [-0.3, -0.25) is 9.13 Å². The van der Waals surface area contributed by atoms with E-state index < -0.39 is 0 Å². The quantitative estimate of drug-likeness (QED) is 0.206. The van der Waals surface area contributed by atoms with Crippen molar-refractivity contribution in [1.29, 1.82) is 21.0 Å². The minimum Gasteiger partial charge on any atom is -0.384 e. The highest BCUT2D eigenvalue weighted by Gasteiger charge is 2.28. The van der Waals surface area contributed by atoms with E-state index >= 15 is 0 Å². The number of nitrogens with two attached hydrogens (primary N) is 2. The number of benzene rings is 4. The van der Waals surface area contributed by atoms with Crippen LogP contribution in [-0.2, 0) is 0 Å². The van der Waals surface area contributed by atoms with E-state index in [0.717, 1.165) is 21.5 Å². The Morgan fingerprint density at radius 2 is 0.833 bits per heavy atom. The molecular weight excluding hydrogens is 561 g/mol. The van der Waals surface area contributed by atoms with Crippen molar-refractivity contribution in [3.05, 3.63) is 107 Å². The van der Waals surface area contributed by atoms with Crippen LogP contribution in [0.4, 0.5) is 11.6 Å². The van der Waals surface area contributed by atoms with E-state index in [4.69, 9.17) is 11.5 Å². The number of aromatic nitrogens is 2. The maximum Gasteiger partial charge on any atom is 0.128 e. The van der Waals surface area contributed by atoms with Crippen LogP contribution in [0.1, 0.15) is 22.3 Å². The van der Waals surface area contributed by atoms with Gasteiger partial charge >= 0.3 is 0 Å². The fraction of sp³-hybridized carbons (Fsp3) is 0. The van der Waals surface area contributed by atoms with Gasteiger partial charge in [-0.2, -0.15) is 21.0 Å². The third-order valence-electron chi connectivity index (χ3n) is 6.99. The van der Waals surface area contributed by atoms with Crippen molar-refractivity contribution >= 4 is 54.8 Å². The summed E-state index contributed by atoms with van der Waals surface area (Å²) in [5.74, 6) is 0.270. The largest absolute Gasteiger partial charge is 0.384 e. The summed E-state index contributed by atoms with van der Waals surface area (Å²) in [4.78, 5) is 0. The number of fused-ring (bicyclic) bond motifs is 2. The second-order valence-corrected chi connectivity index (χ2v) is 11.3. The van der Waals surface area contributed by atoms with Crippen molar-refractivity contribution in [1.82, 2.24) is 9.13 Å². The van der Waals surface area contributed by atoms with Gasteiger partial charge in [0, 0.05) is 10.8 Å². The van der Waals surface area contributed by atoms with Gasteiger partial charge in [0.15, 0.2) is 0 Å². The van der Waals surface area contributed by atoms with Crippen LogP contribution in [0.3, 0.4) is 0 Å². The Bertz CT molecular complexity index is 2060. The summed E-state index contributed by atoms with van der Waals surface area (Å²) >= 11 is 0. The summed E-state index contributed by atoms with van der Waals surface area (Å²) in [7, 11) is 2.34. The smallest absolute Gasteiger partial charge is 0.128 e. The minimum absolute atomic E-state index is 0.0655. The van der Waals surface area contributed by atoms with Crippen LogP contribution in [0.15, 0.2) is 95.0 Å². The third-order valence-corrected chi connectivity index (χ3v) is 9.36. The topological polar surface area (TPSA) is 157 Å². The molecule has 0 aliphatic rings. The summed E-state index contributed by atoms with van der Waals surface area (Å²) in [6.45, 7) is 0. The summed E-state index contributed by atoms with van der Waals surface area (Å²) < 4.78 is 3.39. The van der Waals surface area contributed by atoms with Crippen molar-refractivity contribution in [2.75, 3.05) is 11.5 Å². The fourth-order valence-corrected chi connectivity index (χ4v) is 7.67. The van der Waals surface area contributed by atoms with Crippen LogP contribution >= 0.6 is 21.6 Å². The van der Waals surface area contributed by atoms with Crippen LogP contribution in [0.5, 0.6) is 0 Å². The molecule has 0 spiro atoms. The monoisotopic (exact) mass is 578 g/mol. The van der Waals surface area contributed by atoms with E-state index in [-0.39, 0.29) is 33.9 Å². The average Bonchev–Trinajstić information content (AvgIpc) is 3.46. The van der Waals surface area contributed by atoms with Gasteiger partial charge in [-0.05, 0) is 44.5 Å². The minimum atomic E-state index is 0.0655. The highest BCUT2D eigenvalue weighted by atomic mass is 33.1. The molecule has 198 valence electrons. The second-order valence-electron chi connectivity index (χ2n) is 9.16. The van der Waals surface area contributed by atoms with Crippen molar-refractivity contribution in [2.24, 2.45) is 0 Å². The lowest BCUT2D eigenvalue weighted by molar-refractivity contribution is 0.969. The lowest BCUT2D eigenvalue weighted by atomic mass is 10.1. The summed E-state index contributed by atoms with van der Waals surface area (Å²) in [5, 5.41) is 44.7. The zero-order chi connectivity index (χ0) is 29.4. The number of hydrogen-bond acceptors (Lipinski definition) is 8. The molecule has 0 aliphatic heterocycles. The van der Waals surface area contributed by atoms with Crippen LogP contribution < -0.4 is 11.5 Å². The van der Waals surface area contributed by atoms with E-state index in [1.54, 1.807) is 9.13 Å². The molecule has 0 saturated heterocycles. The Morgan fingerprint density at radius 3 is 1.21 bits per heavy atom. The number of anilines is 2. The Kier molecular flexibility index (Phi) is 6.71. The molecule has 0 atom stereocenters. The first kappa shape index (κ1) is 26.4.